The molecule has 0 spiro atoms. The molecule has 1 aliphatic rings. The van der Waals surface area contributed by atoms with Crippen LogP contribution in [0.2, 0.25) is 0 Å². The van der Waals surface area contributed by atoms with Crippen LogP contribution in [0, 0.1) is 11.3 Å². The number of rotatable bonds is 5. The molecule has 0 radical (unpaired) electrons. The molecule has 0 amide bonds. The lowest BCUT2D eigenvalue weighted by molar-refractivity contribution is 0.0226. The highest BCUT2D eigenvalue weighted by atomic mass is 15.3. The van der Waals surface area contributed by atoms with Gasteiger partial charge in [-0.1, -0.05) is 27.7 Å². The van der Waals surface area contributed by atoms with Gasteiger partial charge in [0.05, 0.1) is 0 Å². The van der Waals surface area contributed by atoms with Crippen LogP contribution in [0.25, 0.3) is 0 Å². The third-order valence-electron chi connectivity index (χ3n) is 4.64. The van der Waals surface area contributed by atoms with Gasteiger partial charge >= 0.3 is 0 Å². The van der Waals surface area contributed by atoms with Crippen molar-refractivity contribution in [3.8, 4) is 0 Å². The minimum atomic E-state index is 0.449. The van der Waals surface area contributed by atoms with Gasteiger partial charge in [-0.15, -0.1) is 0 Å². The standard InChI is InChI=1S/C15H32N2/c1-12(2)17-10-14(11-17)16(7)9-8-13(3)15(4,5)6/h12-14H,8-11H2,1-7H3. The third-order valence-corrected chi connectivity index (χ3v) is 4.64. The molecule has 1 fully saturated rings. The molecule has 2 heteroatoms. The number of likely N-dealkylation sites (tertiary alicyclic amines) is 1. The van der Waals surface area contributed by atoms with Gasteiger partial charge in [-0.2, -0.15) is 0 Å². The van der Waals surface area contributed by atoms with E-state index in [1.54, 1.807) is 0 Å². The van der Waals surface area contributed by atoms with Crippen molar-refractivity contribution in [2.75, 3.05) is 26.7 Å². The lowest BCUT2D eigenvalue weighted by Gasteiger charge is -2.46. The van der Waals surface area contributed by atoms with Crippen LogP contribution in [0.4, 0.5) is 0 Å². The average Bonchev–Trinajstić information content (AvgIpc) is 2.09. The highest BCUT2D eigenvalue weighted by molar-refractivity contribution is 4.88. The monoisotopic (exact) mass is 240 g/mol. The van der Waals surface area contributed by atoms with Gasteiger partial charge in [-0.25, -0.2) is 0 Å². The molecular weight excluding hydrogens is 208 g/mol. The summed E-state index contributed by atoms with van der Waals surface area (Å²) >= 11 is 0. The molecule has 102 valence electrons. The molecule has 0 aromatic rings. The van der Waals surface area contributed by atoms with Gasteiger partial charge in [0.2, 0.25) is 0 Å². The van der Waals surface area contributed by atoms with Crippen molar-refractivity contribution >= 4 is 0 Å². The van der Waals surface area contributed by atoms with Crippen LogP contribution >= 0.6 is 0 Å². The van der Waals surface area contributed by atoms with Gasteiger partial charge < -0.3 is 4.90 Å². The summed E-state index contributed by atoms with van der Waals surface area (Å²) < 4.78 is 0. The summed E-state index contributed by atoms with van der Waals surface area (Å²) in [6.45, 7) is 17.8. The van der Waals surface area contributed by atoms with E-state index < -0.39 is 0 Å². The van der Waals surface area contributed by atoms with Gasteiger partial charge in [0.15, 0.2) is 0 Å². The quantitative estimate of drug-likeness (QED) is 0.728. The number of hydrogen-bond acceptors (Lipinski definition) is 2. The first-order valence-corrected chi connectivity index (χ1v) is 7.16. The summed E-state index contributed by atoms with van der Waals surface area (Å²) in [5.74, 6) is 0.797. The first kappa shape index (κ1) is 15.0. The number of hydrogen-bond donors (Lipinski definition) is 0. The topological polar surface area (TPSA) is 6.48 Å². The molecule has 17 heavy (non-hydrogen) atoms. The van der Waals surface area contributed by atoms with Crippen LogP contribution < -0.4 is 0 Å². The first-order chi connectivity index (χ1) is 7.71. The van der Waals surface area contributed by atoms with Crippen molar-refractivity contribution < 1.29 is 0 Å². The fourth-order valence-electron chi connectivity index (χ4n) is 2.20. The normalized spacial score (nSPS) is 21.0. The van der Waals surface area contributed by atoms with Crippen molar-refractivity contribution in [2.45, 2.75) is 60.0 Å². The van der Waals surface area contributed by atoms with E-state index in [1.807, 2.05) is 0 Å². The second kappa shape index (κ2) is 5.71. The van der Waals surface area contributed by atoms with E-state index in [9.17, 15) is 0 Å². The third kappa shape index (κ3) is 4.26. The maximum Gasteiger partial charge on any atom is 0.0347 e. The van der Waals surface area contributed by atoms with Crippen LogP contribution in [0.3, 0.4) is 0 Å². The van der Waals surface area contributed by atoms with Gasteiger partial charge in [-0.05, 0) is 45.2 Å². The zero-order valence-corrected chi connectivity index (χ0v) is 13.0. The van der Waals surface area contributed by atoms with E-state index in [0.29, 0.717) is 11.5 Å². The first-order valence-electron chi connectivity index (χ1n) is 7.16. The Bertz CT molecular complexity index is 224. The highest BCUT2D eigenvalue weighted by Gasteiger charge is 2.31. The largest absolute Gasteiger partial charge is 0.301 e. The van der Waals surface area contributed by atoms with Crippen LogP contribution in [0.5, 0.6) is 0 Å². The minimum absolute atomic E-state index is 0.449. The summed E-state index contributed by atoms with van der Waals surface area (Å²) in [4.78, 5) is 5.11. The molecule has 0 bridgehead atoms. The molecule has 2 nitrogen and oxygen atoms in total. The summed E-state index contributed by atoms with van der Waals surface area (Å²) in [6.07, 6.45) is 1.32. The van der Waals surface area contributed by atoms with Crippen molar-refractivity contribution in [3.63, 3.8) is 0 Å². The van der Waals surface area contributed by atoms with Crippen LogP contribution in [-0.4, -0.2) is 48.6 Å². The zero-order valence-electron chi connectivity index (χ0n) is 13.0. The fourth-order valence-corrected chi connectivity index (χ4v) is 2.20. The molecule has 1 unspecified atom stereocenters. The molecule has 1 saturated heterocycles. The number of nitrogens with zero attached hydrogens (tertiary/aromatic N) is 2. The fraction of sp³-hybridized carbons (Fsp3) is 1.00. The summed E-state index contributed by atoms with van der Waals surface area (Å²) in [5.41, 5.74) is 0.449. The molecule has 1 atom stereocenters. The molecule has 1 heterocycles. The summed E-state index contributed by atoms with van der Waals surface area (Å²) in [7, 11) is 2.29. The highest BCUT2D eigenvalue weighted by Crippen LogP contribution is 2.28. The molecule has 0 aromatic heterocycles. The molecule has 0 N–H and O–H groups in total. The second-order valence-corrected chi connectivity index (χ2v) is 7.24. The van der Waals surface area contributed by atoms with E-state index in [-0.39, 0.29) is 0 Å². The van der Waals surface area contributed by atoms with Crippen LogP contribution in [-0.2, 0) is 0 Å². The Kier molecular flexibility index (Phi) is 5.03. The van der Waals surface area contributed by atoms with E-state index in [2.05, 4.69) is 58.4 Å². The predicted octanol–water partition coefficient (Wildman–Crippen LogP) is 3.08. The summed E-state index contributed by atoms with van der Waals surface area (Å²) in [5, 5.41) is 0. The molecule has 0 saturated carbocycles. The molecular formula is C15H32N2. The van der Waals surface area contributed by atoms with E-state index in [1.165, 1.54) is 26.1 Å². The van der Waals surface area contributed by atoms with Crippen LogP contribution in [0.1, 0.15) is 48.0 Å². The van der Waals surface area contributed by atoms with Crippen LogP contribution in [0.15, 0.2) is 0 Å². The Morgan fingerprint density at radius 1 is 1.18 bits per heavy atom. The Balaban J connectivity index is 2.21. The lowest BCUT2D eigenvalue weighted by Crippen LogP contribution is -2.60. The molecule has 1 aliphatic heterocycles. The van der Waals surface area contributed by atoms with Crippen molar-refractivity contribution in [1.82, 2.24) is 9.80 Å². The Morgan fingerprint density at radius 3 is 2.12 bits per heavy atom. The van der Waals surface area contributed by atoms with Crippen molar-refractivity contribution in [2.24, 2.45) is 11.3 Å². The Morgan fingerprint density at radius 2 is 1.71 bits per heavy atom. The van der Waals surface area contributed by atoms with Gasteiger partial charge in [-0.3, -0.25) is 4.90 Å². The molecule has 1 rings (SSSR count). The summed E-state index contributed by atoms with van der Waals surface area (Å²) in [6, 6.07) is 1.51. The van der Waals surface area contributed by atoms with Gasteiger partial charge in [0, 0.05) is 25.2 Å². The van der Waals surface area contributed by atoms with E-state index in [0.717, 1.165) is 12.0 Å². The smallest absolute Gasteiger partial charge is 0.0347 e. The molecule has 0 aromatic carbocycles. The zero-order chi connectivity index (χ0) is 13.2. The van der Waals surface area contributed by atoms with E-state index in [4.69, 9.17) is 0 Å². The van der Waals surface area contributed by atoms with Crippen molar-refractivity contribution in [1.29, 1.82) is 0 Å². The SMILES string of the molecule is CC(C)N1CC(N(C)CCC(C)C(C)(C)C)C1. The lowest BCUT2D eigenvalue weighted by atomic mass is 9.80. The van der Waals surface area contributed by atoms with Gasteiger partial charge in [0.1, 0.15) is 0 Å². The maximum atomic E-state index is 2.56. The van der Waals surface area contributed by atoms with E-state index >= 15 is 0 Å². The van der Waals surface area contributed by atoms with Crippen molar-refractivity contribution in [3.05, 3.63) is 0 Å². The minimum Gasteiger partial charge on any atom is -0.301 e. The Hall–Kier alpha value is -0.0800. The predicted molar refractivity (Wildman–Crippen MR) is 76.4 cm³/mol. The van der Waals surface area contributed by atoms with Gasteiger partial charge in [0.25, 0.3) is 0 Å². The molecule has 0 aliphatic carbocycles. The number of likely N-dealkylation sites (N-methyl/N-ethyl adjacent to an activating group) is 1. The Labute approximate surface area is 108 Å². The second-order valence-electron chi connectivity index (χ2n) is 7.24. The maximum absolute atomic E-state index is 2.56. The average molecular weight is 240 g/mol.